The van der Waals surface area contributed by atoms with Crippen molar-refractivity contribution >= 4 is 5.97 Å². The number of hydrogen-bond acceptors (Lipinski definition) is 3. The molecule has 2 aromatic rings. The highest BCUT2D eigenvalue weighted by Gasteiger charge is 2.65. The zero-order chi connectivity index (χ0) is 14.0. The van der Waals surface area contributed by atoms with Crippen LogP contribution in [0, 0.1) is 0 Å². The van der Waals surface area contributed by atoms with Gasteiger partial charge in [-0.05, 0) is 18.1 Å². The lowest BCUT2D eigenvalue weighted by Gasteiger charge is -2.12. The third kappa shape index (κ3) is 2.00. The van der Waals surface area contributed by atoms with Crippen molar-refractivity contribution in [3.63, 3.8) is 0 Å². The molecule has 1 aliphatic heterocycles. The minimum absolute atomic E-state index is 0.273. The summed E-state index contributed by atoms with van der Waals surface area (Å²) in [4.78, 5) is 12.4. The Bertz CT molecular complexity index is 594. The molecular formula is C17H16O3. The maximum atomic E-state index is 12.4. The molecule has 1 saturated heterocycles. The van der Waals surface area contributed by atoms with Crippen molar-refractivity contribution in [2.75, 3.05) is 6.61 Å². The van der Waals surface area contributed by atoms with Crippen molar-refractivity contribution in [1.29, 1.82) is 0 Å². The Morgan fingerprint density at radius 3 is 2.30 bits per heavy atom. The largest absolute Gasteiger partial charge is 0.464 e. The van der Waals surface area contributed by atoms with E-state index in [1.165, 1.54) is 0 Å². The first-order valence-electron chi connectivity index (χ1n) is 6.74. The third-order valence-electron chi connectivity index (χ3n) is 3.50. The van der Waals surface area contributed by atoms with E-state index in [-0.39, 0.29) is 12.1 Å². The molecule has 2 aromatic carbocycles. The van der Waals surface area contributed by atoms with Gasteiger partial charge in [0.2, 0.25) is 5.60 Å². The predicted octanol–water partition coefficient (Wildman–Crippen LogP) is 3.22. The first kappa shape index (κ1) is 12.9. The number of carbonyl (C=O) groups is 1. The average Bonchev–Trinajstić information content (AvgIpc) is 3.26. The summed E-state index contributed by atoms with van der Waals surface area (Å²) in [5, 5.41) is 0. The maximum Gasteiger partial charge on any atom is 0.346 e. The van der Waals surface area contributed by atoms with Crippen molar-refractivity contribution in [2.45, 2.75) is 18.6 Å². The molecule has 0 saturated carbocycles. The van der Waals surface area contributed by atoms with Gasteiger partial charge in [0, 0.05) is 0 Å². The minimum atomic E-state index is -0.987. The van der Waals surface area contributed by atoms with Crippen LogP contribution in [-0.4, -0.2) is 12.6 Å². The molecule has 20 heavy (non-hydrogen) atoms. The van der Waals surface area contributed by atoms with Gasteiger partial charge in [-0.3, -0.25) is 0 Å². The van der Waals surface area contributed by atoms with Crippen LogP contribution in [0.4, 0.5) is 0 Å². The van der Waals surface area contributed by atoms with Gasteiger partial charge in [-0.15, -0.1) is 0 Å². The van der Waals surface area contributed by atoms with Gasteiger partial charge in [0.05, 0.1) is 6.61 Å². The molecule has 0 aromatic heterocycles. The Morgan fingerprint density at radius 2 is 1.70 bits per heavy atom. The highest BCUT2D eigenvalue weighted by atomic mass is 16.7. The van der Waals surface area contributed by atoms with Crippen molar-refractivity contribution in [3.8, 4) is 0 Å². The van der Waals surface area contributed by atoms with Crippen LogP contribution in [0.1, 0.15) is 24.2 Å². The Morgan fingerprint density at radius 1 is 1.10 bits per heavy atom. The van der Waals surface area contributed by atoms with Gasteiger partial charge in [-0.25, -0.2) is 4.79 Å². The molecule has 0 N–H and O–H groups in total. The van der Waals surface area contributed by atoms with E-state index in [1.807, 2.05) is 60.7 Å². The van der Waals surface area contributed by atoms with E-state index in [0.717, 1.165) is 11.1 Å². The summed E-state index contributed by atoms with van der Waals surface area (Å²) in [5.41, 5.74) is 0.843. The predicted molar refractivity (Wildman–Crippen MR) is 75.0 cm³/mol. The Labute approximate surface area is 118 Å². The highest BCUT2D eigenvalue weighted by molar-refractivity contribution is 5.85. The lowest BCUT2D eigenvalue weighted by atomic mass is 9.92. The second-order valence-electron chi connectivity index (χ2n) is 4.73. The van der Waals surface area contributed by atoms with Crippen molar-refractivity contribution in [2.24, 2.45) is 0 Å². The molecule has 0 aliphatic carbocycles. The zero-order valence-corrected chi connectivity index (χ0v) is 11.3. The van der Waals surface area contributed by atoms with Crippen LogP contribution in [0.2, 0.25) is 0 Å². The molecule has 102 valence electrons. The van der Waals surface area contributed by atoms with E-state index >= 15 is 0 Å². The van der Waals surface area contributed by atoms with E-state index < -0.39 is 5.60 Å². The topological polar surface area (TPSA) is 38.8 Å². The first-order chi connectivity index (χ1) is 9.79. The van der Waals surface area contributed by atoms with Crippen LogP contribution >= 0.6 is 0 Å². The van der Waals surface area contributed by atoms with E-state index in [9.17, 15) is 4.79 Å². The Balaban J connectivity index is 1.98. The molecule has 1 aliphatic rings. The first-order valence-corrected chi connectivity index (χ1v) is 6.74. The van der Waals surface area contributed by atoms with Crippen LogP contribution in [0.5, 0.6) is 0 Å². The molecule has 0 spiro atoms. The van der Waals surface area contributed by atoms with E-state index in [0.29, 0.717) is 6.61 Å². The lowest BCUT2D eigenvalue weighted by Crippen LogP contribution is -2.25. The second-order valence-corrected chi connectivity index (χ2v) is 4.73. The molecular weight excluding hydrogens is 252 g/mol. The fourth-order valence-corrected chi connectivity index (χ4v) is 2.50. The van der Waals surface area contributed by atoms with Gasteiger partial charge in [-0.2, -0.15) is 0 Å². The number of ether oxygens (including phenoxy) is 2. The van der Waals surface area contributed by atoms with Gasteiger partial charge >= 0.3 is 5.97 Å². The molecule has 0 unspecified atom stereocenters. The van der Waals surface area contributed by atoms with E-state index in [1.54, 1.807) is 6.92 Å². The molecule has 3 nitrogen and oxygen atoms in total. The number of rotatable bonds is 4. The highest BCUT2D eigenvalue weighted by Crippen LogP contribution is 2.57. The lowest BCUT2D eigenvalue weighted by molar-refractivity contribution is -0.150. The number of carbonyl (C=O) groups excluding carboxylic acids is 1. The third-order valence-corrected chi connectivity index (χ3v) is 3.50. The zero-order valence-electron chi connectivity index (χ0n) is 11.3. The standard InChI is InChI=1S/C17H16O3/c1-2-19-16(18)17(14-11-7-4-8-12-14)15(20-17)13-9-5-3-6-10-13/h3-12,15H,2H2,1H3/t15-,17-/m0/s1. The van der Waals surface area contributed by atoms with Crippen LogP contribution in [0.15, 0.2) is 60.7 Å². The molecule has 0 bridgehead atoms. The summed E-state index contributed by atoms with van der Waals surface area (Å²) in [6.45, 7) is 2.15. The van der Waals surface area contributed by atoms with Crippen molar-refractivity contribution in [3.05, 3.63) is 71.8 Å². The molecule has 3 heteroatoms. The molecule has 0 amide bonds. The summed E-state index contributed by atoms with van der Waals surface area (Å²) >= 11 is 0. The smallest absolute Gasteiger partial charge is 0.346 e. The van der Waals surface area contributed by atoms with E-state index in [2.05, 4.69) is 0 Å². The fraction of sp³-hybridized carbons (Fsp3) is 0.235. The van der Waals surface area contributed by atoms with Gasteiger partial charge in [0.1, 0.15) is 6.10 Å². The Hall–Kier alpha value is -2.13. The maximum absolute atomic E-state index is 12.4. The molecule has 1 fully saturated rings. The van der Waals surface area contributed by atoms with Crippen LogP contribution in [0.25, 0.3) is 0 Å². The van der Waals surface area contributed by atoms with Gasteiger partial charge in [0.15, 0.2) is 0 Å². The SMILES string of the molecule is CCOC(=O)[C@@]1(c2ccccc2)O[C@H]1c1ccccc1. The average molecular weight is 268 g/mol. The fourth-order valence-electron chi connectivity index (χ4n) is 2.50. The van der Waals surface area contributed by atoms with Crippen molar-refractivity contribution in [1.82, 2.24) is 0 Å². The van der Waals surface area contributed by atoms with Crippen molar-refractivity contribution < 1.29 is 14.3 Å². The van der Waals surface area contributed by atoms with Crippen LogP contribution < -0.4 is 0 Å². The summed E-state index contributed by atoms with van der Waals surface area (Å²) in [6.07, 6.45) is -0.273. The molecule has 0 radical (unpaired) electrons. The second kappa shape index (κ2) is 5.10. The summed E-state index contributed by atoms with van der Waals surface area (Å²) < 4.78 is 11.0. The number of benzene rings is 2. The number of epoxide rings is 1. The Kier molecular flexibility index (Phi) is 3.28. The molecule has 2 atom stereocenters. The minimum Gasteiger partial charge on any atom is -0.464 e. The molecule has 3 rings (SSSR count). The summed E-state index contributed by atoms with van der Waals surface area (Å²) in [7, 11) is 0. The summed E-state index contributed by atoms with van der Waals surface area (Å²) in [5.74, 6) is -0.319. The van der Waals surface area contributed by atoms with Gasteiger partial charge in [-0.1, -0.05) is 60.7 Å². The van der Waals surface area contributed by atoms with E-state index in [4.69, 9.17) is 9.47 Å². The number of esters is 1. The van der Waals surface area contributed by atoms with Gasteiger partial charge in [0.25, 0.3) is 0 Å². The normalized spacial score (nSPS) is 24.1. The monoisotopic (exact) mass is 268 g/mol. The van der Waals surface area contributed by atoms with Crippen LogP contribution in [0.3, 0.4) is 0 Å². The number of hydrogen-bond donors (Lipinski definition) is 0. The summed E-state index contributed by atoms with van der Waals surface area (Å²) in [6, 6.07) is 19.3. The quantitative estimate of drug-likeness (QED) is 0.631. The van der Waals surface area contributed by atoms with Gasteiger partial charge < -0.3 is 9.47 Å². The van der Waals surface area contributed by atoms with Crippen LogP contribution in [-0.2, 0) is 19.9 Å². The molecule has 1 heterocycles.